The first kappa shape index (κ1) is 13.3. The van der Waals surface area contributed by atoms with Gasteiger partial charge in [-0.2, -0.15) is 0 Å². The fraction of sp³-hybridized carbons (Fsp3) is 0.438. The van der Waals surface area contributed by atoms with Crippen LogP contribution in [-0.2, 0) is 21.5 Å². The van der Waals surface area contributed by atoms with Crippen LogP contribution < -0.4 is 5.32 Å². The smallest absolute Gasteiger partial charge is 0.132 e. The lowest BCUT2D eigenvalue weighted by molar-refractivity contribution is -0.119. The van der Waals surface area contributed by atoms with Crippen molar-refractivity contribution in [3.05, 3.63) is 35.5 Å². The van der Waals surface area contributed by atoms with Gasteiger partial charge in [0, 0.05) is 36.7 Å². The van der Waals surface area contributed by atoms with Gasteiger partial charge in [-0.1, -0.05) is 18.2 Å². The summed E-state index contributed by atoms with van der Waals surface area (Å²) in [5.41, 5.74) is 3.14. The normalized spacial score (nSPS) is 21.9. The van der Waals surface area contributed by atoms with Crippen molar-refractivity contribution in [1.82, 2.24) is 10.3 Å². The van der Waals surface area contributed by atoms with Crippen LogP contribution in [0.4, 0.5) is 0 Å². The number of methoxy groups -OCH3 is 1. The summed E-state index contributed by atoms with van der Waals surface area (Å²) in [6.45, 7) is 2.99. The average molecular weight is 272 g/mol. The van der Waals surface area contributed by atoms with E-state index in [1.165, 1.54) is 10.9 Å². The van der Waals surface area contributed by atoms with Crippen LogP contribution in [0, 0.1) is 0 Å². The lowest BCUT2D eigenvalue weighted by atomic mass is 9.83. The summed E-state index contributed by atoms with van der Waals surface area (Å²) in [7, 11) is 1.68. The predicted molar refractivity (Wildman–Crippen MR) is 78.9 cm³/mol. The van der Waals surface area contributed by atoms with Crippen LogP contribution >= 0.6 is 0 Å². The van der Waals surface area contributed by atoms with Crippen molar-refractivity contribution in [2.24, 2.45) is 0 Å². The summed E-state index contributed by atoms with van der Waals surface area (Å²) in [6, 6.07) is 8.31. The van der Waals surface area contributed by atoms with Gasteiger partial charge in [-0.3, -0.25) is 4.79 Å². The minimum Gasteiger partial charge on any atom is -0.382 e. The van der Waals surface area contributed by atoms with E-state index in [9.17, 15) is 4.79 Å². The highest BCUT2D eigenvalue weighted by Gasteiger charge is 2.39. The van der Waals surface area contributed by atoms with Crippen LogP contribution in [0.5, 0.6) is 0 Å². The standard InChI is InChI=1S/C16H20N2O2/c1-11(19)9-16(10-20-2)15-13(7-8-17-16)12-5-3-4-6-14(12)18-15/h3-6,17-18H,7-10H2,1-2H3. The number of para-hydroxylation sites is 1. The quantitative estimate of drug-likeness (QED) is 0.896. The Labute approximate surface area is 118 Å². The van der Waals surface area contributed by atoms with Gasteiger partial charge in [0.25, 0.3) is 0 Å². The molecule has 1 aliphatic heterocycles. The highest BCUT2D eigenvalue weighted by molar-refractivity contribution is 5.86. The number of Topliss-reactive ketones (excluding diaryl/α,β-unsaturated/α-hetero) is 1. The van der Waals surface area contributed by atoms with Gasteiger partial charge in [0.2, 0.25) is 0 Å². The first-order chi connectivity index (χ1) is 9.66. The summed E-state index contributed by atoms with van der Waals surface area (Å²) in [5.74, 6) is 0.168. The Bertz CT molecular complexity index is 647. The molecule has 4 nitrogen and oxygen atoms in total. The lowest BCUT2D eigenvalue weighted by Crippen LogP contribution is -2.51. The Kier molecular flexibility index (Phi) is 3.36. The van der Waals surface area contributed by atoms with E-state index in [4.69, 9.17) is 4.74 Å². The fourth-order valence-electron chi connectivity index (χ4n) is 3.38. The fourth-order valence-corrected chi connectivity index (χ4v) is 3.38. The monoisotopic (exact) mass is 272 g/mol. The third-order valence-corrected chi connectivity index (χ3v) is 4.07. The third-order valence-electron chi connectivity index (χ3n) is 4.07. The Morgan fingerprint density at radius 3 is 2.95 bits per heavy atom. The maximum atomic E-state index is 11.7. The predicted octanol–water partition coefficient (Wildman–Crippen LogP) is 2.13. The summed E-state index contributed by atoms with van der Waals surface area (Å²) < 4.78 is 5.40. The largest absolute Gasteiger partial charge is 0.382 e. The van der Waals surface area contributed by atoms with Gasteiger partial charge in [0.1, 0.15) is 5.78 Å². The molecule has 3 rings (SSSR count). The molecular formula is C16H20N2O2. The Hall–Kier alpha value is -1.65. The summed E-state index contributed by atoms with van der Waals surface area (Å²) in [5, 5.41) is 4.76. The molecule has 4 heteroatoms. The first-order valence-electron chi connectivity index (χ1n) is 7.00. The van der Waals surface area contributed by atoms with E-state index in [1.807, 2.05) is 6.07 Å². The summed E-state index contributed by atoms with van der Waals surface area (Å²) in [6.07, 6.45) is 1.42. The van der Waals surface area contributed by atoms with Crippen molar-refractivity contribution in [2.45, 2.75) is 25.3 Å². The minimum atomic E-state index is -0.423. The molecule has 0 radical (unpaired) electrons. The maximum absolute atomic E-state index is 11.7. The highest BCUT2D eigenvalue weighted by atomic mass is 16.5. The lowest BCUT2D eigenvalue weighted by Gasteiger charge is -2.37. The zero-order chi connectivity index (χ0) is 14.2. The number of ether oxygens (including phenoxy) is 1. The number of H-pyrrole nitrogens is 1. The second-order valence-corrected chi connectivity index (χ2v) is 5.59. The van der Waals surface area contributed by atoms with Crippen LogP contribution in [-0.4, -0.2) is 31.0 Å². The van der Waals surface area contributed by atoms with E-state index in [1.54, 1.807) is 14.0 Å². The molecule has 0 spiro atoms. The van der Waals surface area contributed by atoms with Crippen LogP contribution in [0.1, 0.15) is 24.6 Å². The molecule has 2 heterocycles. The van der Waals surface area contributed by atoms with Gasteiger partial charge in [0.05, 0.1) is 12.1 Å². The number of hydrogen-bond donors (Lipinski definition) is 2. The number of carbonyl (C=O) groups excluding carboxylic acids is 1. The molecule has 1 aliphatic rings. The molecule has 20 heavy (non-hydrogen) atoms. The third kappa shape index (κ3) is 2.05. The molecule has 0 aliphatic carbocycles. The molecule has 0 bridgehead atoms. The molecular weight excluding hydrogens is 252 g/mol. The number of ketones is 1. The van der Waals surface area contributed by atoms with Crippen LogP contribution in [0.2, 0.25) is 0 Å². The SMILES string of the molecule is COCC1(CC(C)=O)NCCc2c1[nH]c1ccccc21. The molecule has 2 N–H and O–H groups in total. The molecule has 0 saturated carbocycles. The second-order valence-electron chi connectivity index (χ2n) is 5.59. The number of benzene rings is 1. The average Bonchev–Trinajstić information content (AvgIpc) is 2.79. The number of fused-ring (bicyclic) bond motifs is 3. The van der Waals surface area contributed by atoms with Crippen molar-refractivity contribution >= 4 is 16.7 Å². The van der Waals surface area contributed by atoms with Crippen molar-refractivity contribution in [3.8, 4) is 0 Å². The second kappa shape index (κ2) is 5.04. The molecule has 2 aromatic rings. The van der Waals surface area contributed by atoms with Gasteiger partial charge >= 0.3 is 0 Å². The van der Waals surface area contributed by atoms with Gasteiger partial charge in [0.15, 0.2) is 0 Å². The number of rotatable bonds is 4. The number of aromatic nitrogens is 1. The number of carbonyl (C=O) groups is 1. The number of hydrogen-bond acceptors (Lipinski definition) is 3. The van der Waals surface area contributed by atoms with Crippen LogP contribution in [0.15, 0.2) is 24.3 Å². The molecule has 106 valence electrons. The van der Waals surface area contributed by atoms with E-state index in [0.29, 0.717) is 13.0 Å². The van der Waals surface area contributed by atoms with Crippen LogP contribution in [0.25, 0.3) is 10.9 Å². The Morgan fingerprint density at radius 2 is 2.20 bits per heavy atom. The van der Waals surface area contributed by atoms with Crippen LogP contribution in [0.3, 0.4) is 0 Å². The molecule has 1 aromatic heterocycles. The Morgan fingerprint density at radius 1 is 1.40 bits per heavy atom. The van der Waals surface area contributed by atoms with Gasteiger partial charge in [-0.05, 0) is 25.0 Å². The zero-order valence-electron chi connectivity index (χ0n) is 12.0. The van der Waals surface area contributed by atoms with Gasteiger partial charge < -0.3 is 15.0 Å². The number of aromatic amines is 1. The van der Waals surface area contributed by atoms with Crippen molar-refractivity contribution in [2.75, 3.05) is 20.3 Å². The number of nitrogens with one attached hydrogen (secondary N) is 2. The van der Waals surface area contributed by atoms with Gasteiger partial charge in [-0.25, -0.2) is 0 Å². The van der Waals surface area contributed by atoms with Crippen molar-refractivity contribution < 1.29 is 9.53 Å². The first-order valence-corrected chi connectivity index (χ1v) is 7.00. The zero-order valence-corrected chi connectivity index (χ0v) is 12.0. The molecule has 0 fully saturated rings. The van der Waals surface area contributed by atoms with E-state index < -0.39 is 5.54 Å². The van der Waals surface area contributed by atoms with Crippen molar-refractivity contribution in [3.63, 3.8) is 0 Å². The Balaban J connectivity index is 2.18. The molecule has 0 saturated heterocycles. The van der Waals surface area contributed by atoms with Gasteiger partial charge in [-0.15, -0.1) is 0 Å². The molecule has 1 atom stereocenters. The molecule has 1 unspecified atom stereocenters. The molecule has 1 aromatic carbocycles. The maximum Gasteiger partial charge on any atom is 0.132 e. The topological polar surface area (TPSA) is 54.1 Å². The summed E-state index contributed by atoms with van der Waals surface area (Å²) >= 11 is 0. The van der Waals surface area contributed by atoms with Crippen molar-refractivity contribution in [1.29, 1.82) is 0 Å². The van der Waals surface area contributed by atoms with E-state index >= 15 is 0 Å². The van der Waals surface area contributed by atoms with E-state index in [-0.39, 0.29) is 5.78 Å². The summed E-state index contributed by atoms with van der Waals surface area (Å²) in [4.78, 5) is 15.2. The molecule has 0 amide bonds. The highest BCUT2D eigenvalue weighted by Crippen LogP contribution is 2.36. The minimum absolute atomic E-state index is 0.168. The van der Waals surface area contributed by atoms with E-state index in [2.05, 4.69) is 28.5 Å². The van der Waals surface area contributed by atoms with E-state index in [0.717, 1.165) is 24.2 Å².